The second kappa shape index (κ2) is 13.3. The summed E-state index contributed by atoms with van der Waals surface area (Å²) in [5.41, 5.74) is 4.12. The number of nitrogens with zero attached hydrogens (tertiary/aromatic N) is 4. The minimum absolute atomic E-state index is 0.0448. The Balaban J connectivity index is 1.26. The number of amides is 2. The minimum Gasteiger partial charge on any atom is -0.463 e. The van der Waals surface area contributed by atoms with E-state index in [1.54, 1.807) is 60.0 Å². The number of allylic oxidation sites excluding steroid dienone is 1. The van der Waals surface area contributed by atoms with E-state index in [1.807, 2.05) is 24.3 Å². The maximum absolute atomic E-state index is 13.4. The molecule has 2 aliphatic rings. The Kier molecular flexibility index (Phi) is 9.29. The van der Waals surface area contributed by atoms with Crippen molar-refractivity contribution >= 4 is 40.8 Å². The van der Waals surface area contributed by atoms with Gasteiger partial charge in [-0.15, -0.1) is 0 Å². The van der Waals surface area contributed by atoms with Crippen molar-refractivity contribution in [2.75, 3.05) is 37.7 Å². The first-order chi connectivity index (χ1) is 21.2. The Morgan fingerprint density at radius 2 is 1.59 bits per heavy atom. The number of esters is 1. The third-order valence-electron chi connectivity index (χ3n) is 8.12. The SMILES string of the molecule is CCOC(=O)C1=C(C)N(Cc2ccc(C(=O)N3CCN(c4ccc([N+](=O)[O-])cc4)CC3)cc2)C(=O)CC1c1ccc(Cl)cc1. The van der Waals surface area contributed by atoms with Gasteiger partial charge in [0.2, 0.25) is 5.91 Å². The number of carbonyl (C=O) groups excluding carboxylic acids is 3. The largest absolute Gasteiger partial charge is 0.463 e. The molecule has 11 heteroatoms. The zero-order chi connectivity index (χ0) is 31.4. The number of non-ortho nitro benzene ring substituents is 1. The van der Waals surface area contributed by atoms with Crippen molar-refractivity contribution in [2.45, 2.75) is 32.7 Å². The number of rotatable bonds is 8. The number of ether oxygens (including phenoxy) is 1. The van der Waals surface area contributed by atoms with Crippen LogP contribution >= 0.6 is 11.6 Å². The highest BCUT2D eigenvalue weighted by atomic mass is 35.5. The number of hydrogen-bond donors (Lipinski definition) is 0. The summed E-state index contributed by atoms with van der Waals surface area (Å²) in [6.45, 7) is 6.26. The van der Waals surface area contributed by atoms with Gasteiger partial charge < -0.3 is 19.4 Å². The number of halogens is 1. The summed E-state index contributed by atoms with van der Waals surface area (Å²) in [5.74, 6) is -1.07. The van der Waals surface area contributed by atoms with Crippen LogP contribution in [0.15, 0.2) is 84.1 Å². The third kappa shape index (κ3) is 6.60. The van der Waals surface area contributed by atoms with E-state index in [1.165, 1.54) is 12.1 Å². The fourth-order valence-corrected chi connectivity index (χ4v) is 5.85. The summed E-state index contributed by atoms with van der Waals surface area (Å²) in [5, 5.41) is 11.5. The maximum Gasteiger partial charge on any atom is 0.336 e. The van der Waals surface area contributed by atoms with Crippen molar-refractivity contribution in [3.63, 3.8) is 0 Å². The van der Waals surface area contributed by atoms with Gasteiger partial charge in [-0.1, -0.05) is 35.9 Å². The van der Waals surface area contributed by atoms with E-state index in [2.05, 4.69) is 4.90 Å². The lowest BCUT2D eigenvalue weighted by molar-refractivity contribution is -0.384. The molecule has 2 amide bonds. The van der Waals surface area contributed by atoms with Crippen molar-refractivity contribution in [1.29, 1.82) is 0 Å². The molecule has 0 aliphatic carbocycles. The number of nitro benzene ring substituents is 1. The number of benzene rings is 3. The van der Waals surface area contributed by atoms with Gasteiger partial charge in [-0.05, 0) is 61.4 Å². The van der Waals surface area contributed by atoms with Crippen LogP contribution in [0, 0.1) is 10.1 Å². The zero-order valence-corrected chi connectivity index (χ0v) is 25.3. The molecule has 0 aromatic heterocycles. The first-order valence-electron chi connectivity index (χ1n) is 14.5. The Morgan fingerprint density at radius 3 is 2.18 bits per heavy atom. The van der Waals surface area contributed by atoms with Gasteiger partial charge in [-0.25, -0.2) is 4.79 Å². The number of hydrogen-bond acceptors (Lipinski definition) is 7. The molecule has 3 aromatic carbocycles. The monoisotopic (exact) mass is 616 g/mol. The molecule has 1 fully saturated rings. The standard InChI is InChI=1S/C33H33ClN4O6/c1-3-44-33(41)31-22(2)37(30(39)20-29(31)24-8-10-26(34)11-9-24)21-23-4-6-25(7-5-23)32(40)36-18-16-35(17-19-36)27-12-14-28(15-13-27)38(42)43/h4-15,29H,3,16-21H2,1-2H3. The molecule has 1 atom stereocenters. The van der Waals surface area contributed by atoms with Crippen LogP contribution in [0.3, 0.4) is 0 Å². The summed E-state index contributed by atoms with van der Waals surface area (Å²) < 4.78 is 5.38. The van der Waals surface area contributed by atoms with Crippen molar-refractivity contribution in [2.24, 2.45) is 0 Å². The highest BCUT2D eigenvalue weighted by molar-refractivity contribution is 6.30. The number of carbonyl (C=O) groups is 3. The lowest BCUT2D eigenvalue weighted by atomic mass is 9.83. The van der Waals surface area contributed by atoms with Crippen molar-refractivity contribution in [3.8, 4) is 0 Å². The summed E-state index contributed by atoms with van der Waals surface area (Å²) in [6.07, 6.45) is 0.121. The molecule has 3 aromatic rings. The summed E-state index contributed by atoms with van der Waals surface area (Å²) >= 11 is 6.06. The van der Waals surface area contributed by atoms with E-state index in [4.69, 9.17) is 16.3 Å². The van der Waals surface area contributed by atoms with Crippen LogP contribution in [0.5, 0.6) is 0 Å². The Hall–Kier alpha value is -4.70. The van der Waals surface area contributed by atoms with Crippen LogP contribution in [0.4, 0.5) is 11.4 Å². The summed E-state index contributed by atoms with van der Waals surface area (Å²) in [7, 11) is 0. The molecule has 0 saturated carbocycles. The quantitative estimate of drug-likeness (QED) is 0.185. The van der Waals surface area contributed by atoms with Gasteiger partial charge in [-0.2, -0.15) is 0 Å². The molecule has 0 N–H and O–H groups in total. The van der Waals surface area contributed by atoms with Gasteiger partial charge in [0, 0.05) is 72.6 Å². The molecule has 10 nitrogen and oxygen atoms in total. The molecule has 2 heterocycles. The molecule has 0 radical (unpaired) electrons. The minimum atomic E-state index is -0.447. The van der Waals surface area contributed by atoms with Gasteiger partial charge in [0.1, 0.15) is 0 Å². The third-order valence-corrected chi connectivity index (χ3v) is 8.38. The van der Waals surface area contributed by atoms with Crippen molar-refractivity contribution < 1.29 is 24.0 Å². The van der Waals surface area contributed by atoms with Gasteiger partial charge >= 0.3 is 5.97 Å². The zero-order valence-electron chi connectivity index (χ0n) is 24.6. The number of nitro groups is 1. The summed E-state index contributed by atoms with van der Waals surface area (Å²) in [6, 6.07) is 20.7. The van der Waals surface area contributed by atoms with Crippen LogP contribution < -0.4 is 4.90 Å². The van der Waals surface area contributed by atoms with Crippen LogP contribution in [0.25, 0.3) is 0 Å². The first-order valence-corrected chi connectivity index (χ1v) is 14.9. The van der Waals surface area contributed by atoms with E-state index < -0.39 is 16.8 Å². The average molecular weight is 617 g/mol. The lowest BCUT2D eigenvalue weighted by Crippen LogP contribution is -2.48. The Labute approximate surface area is 260 Å². The van der Waals surface area contributed by atoms with E-state index in [9.17, 15) is 24.5 Å². The van der Waals surface area contributed by atoms with E-state index in [0.29, 0.717) is 48.0 Å². The average Bonchev–Trinajstić information content (AvgIpc) is 3.03. The predicted octanol–water partition coefficient (Wildman–Crippen LogP) is 5.56. The van der Waals surface area contributed by atoms with Crippen molar-refractivity contribution in [3.05, 3.63) is 116 Å². The Bertz CT molecular complexity index is 1580. The summed E-state index contributed by atoms with van der Waals surface area (Å²) in [4.78, 5) is 55.7. The highest BCUT2D eigenvalue weighted by Gasteiger charge is 2.37. The van der Waals surface area contributed by atoms with Crippen LogP contribution in [0.2, 0.25) is 5.02 Å². The van der Waals surface area contributed by atoms with Gasteiger partial charge in [-0.3, -0.25) is 19.7 Å². The number of anilines is 1. The highest BCUT2D eigenvalue weighted by Crippen LogP contribution is 2.38. The predicted molar refractivity (Wildman–Crippen MR) is 166 cm³/mol. The van der Waals surface area contributed by atoms with E-state index in [0.717, 1.165) is 16.8 Å². The van der Waals surface area contributed by atoms with E-state index >= 15 is 0 Å². The molecule has 5 rings (SSSR count). The smallest absolute Gasteiger partial charge is 0.336 e. The molecule has 2 aliphatic heterocycles. The number of piperazine rings is 1. The van der Waals surface area contributed by atoms with Crippen molar-refractivity contribution in [1.82, 2.24) is 9.80 Å². The molecule has 44 heavy (non-hydrogen) atoms. The normalized spacial score (nSPS) is 17.1. The first kappa shape index (κ1) is 30.7. The van der Waals surface area contributed by atoms with Gasteiger partial charge in [0.05, 0.1) is 23.6 Å². The van der Waals surface area contributed by atoms with Gasteiger partial charge in [0.25, 0.3) is 11.6 Å². The second-order valence-electron chi connectivity index (χ2n) is 10.8. The molecule has 1 saturated heterocycles. The molecular formula is C33H33ClN4O6. The fourth-order valence-electron chi connectivity index (χ4n) is 5.73. The topological polar surface area (TPSA) is 113 Å². The fraction of sp³-hybridized carbons (Fsp3) is 0.303. The lowest BCUT2D eigenvalue weighted by Gasteiger charge is -2.36. The van der Waals surface area contributed by atoms with Crippen LogP contribution in [-0.2, 0) is 20.9 Å². The van der Waals surface area contributed by atoms with Gasteiger partial charge in [0.15, 0.2) is 0 Å². The Morgan fingerprint density at radius 1 is 0.955 bits per heavy atom. The maximum atomic E-state index is 13.4. The molecule has 0 spiro atoms. The molecule has 228 valence electrons. The van der Waals surface area contributed by atoms with E-state index in [-0.39, 0.29) is 37.1 Å². The van der Waals surface area contributed by atoms with Crippen LogP contribution in [0.1, 0.15) is 47.7 Å². The molecule has 1 unspecified atom stereocenters. The molecular weight excluding hydrogens is 584 g/mol. The molecule has 0 bridgehead atoms. The van der Waals surface area contributed by atoms with Crippen LogP contribution in [-0.4, -0.2) is 65.3 Å². The second-order valence-corrected chi connectivity index (χ2v) is 11.2.